The molecule has 2 fully saturated rings. The number of hydrogen-bond donors (Lipinski definition) is 1. The fraction of sp³-hybridized carbons (Fsp3) is 0.364. The molecule has 7 nitrogen and oxygen atoms in total. The van der Waals surface area contributed by atoms with Crippen LogP contribution in [-0.4, -0.2) is 43.1 Å². The molecule has 2 atom stereocenters. The average molecular weight is 473 g/mol. The third-order valence-electron chi connectivity index (χ3n) is 6.74. The van der Waals surface area contributed by atoms with Gasteiger partial charge in [0, 0.05) is 53.8 Å². The molecule has 1 saturated heterocycles. The van der Waals surface area contributed by atoms with Crippen LogP contribution in [0.3, 0.4) is 0 Å². The first kappa shape index (κ1) is 20.5. The van der Waals surface area contributed by atoms with Gasteiger partial charge in [-0.15, -0.1) is 0 Å². The highest BCUT2D eigenvalue weighted by Crippen LogP contribution is 2.38. The number of hydrogen-bond acceptors (Lipinski definition) is 6. The molecule has 6 rings (SSSR count). The summed E-state index contributed by atoms with van der Waals surface area (Å²) < 4.78 is 47.6. The Kier molecular flexibility index (Phi) is 4.84. The van der Waals surface area contributed by atoms with Crippen molar-refractivity contribution in [3.05, 3.63) is 53.7 Å². The largest absolute Gasteiger partial charge is 0.346 e. The highest BCUT2D eigenvalue weighted by molar-refractivity contribution is 7.09. The summed E-state index contributed by atoms with van der Waals surface area (Å²) in [4.78, 5) is 11.5. The lowest BCUT2D eigenvalue weighted by molar-refractivity contribution is -0.630. The van der Waals surface area contributed by atoms with Crippen molar-refractivity contribution in [3.8, 4) is 11.1 Å². The summed E-state index contributed by atoms with van der Waals surface area (Å²) in [7, 11) is 0. The fourth-order valence-corrected chi connectivity index (χ4v) is 5.91. The van der Waals surface area contributed by atoms with Gasteiger partial charge < -0.3 is 4.90 Å². The molecule has 0 radical (unpaired) electrons. The van der Waals surface area contributed by atoms with Gasteiger partial charge in [0.05, 0.1) is 0 Å². The number of halogens is 3. The third-order valence-corrected chi connectivity index (χ3v) is 7.61. The molecule has 1 aromatic carbocycles. The predicted molar refractivity (Wildman–Crippen MR) is 117 cm³/mol. The summed E-state index contributed by atoms with van der Waals surface area (Å²) in [6.45, 7) is 3.75. The molecule has 170 valence electrons. The average Bonchev–Trinajstić information content (AvgIpc) is 3.48. The topological polar surface area (TPSA) is 75.8 Å². The molecule has 0 spiro atoms. The first-order valence-corrected chi connectivity index (χ1v) is 11.6. The van der Waals surface area contributed by atoms with Crippen molar-refractivity contribution in [2.75, 3.05) is 18.0 Å². The second-order valence-corrected chi connectivity index (χ2v) is 9.48. The molecule has 2 unspecified atom stereocenters. The van der Waals surface area contributed by atoms with Crippen molar-refractivity contribution < 1.29 is 18.5 Å². The number of quaternary nitrogens is 1. The minimum atomic E-state index is -1.49. The lowest BCUT2D eigenvalue weighted by Gasteiger charge is -2.35. The van der Waals surface area contributed by atoms with Crippen molar-refractivity contribution in [3.63, 3.8) is 0 Å². The lowest BCUT2D eigenvalue weighted by atomic mass is 9.92. The summed E-state index contributed by atoms with van der Waals surface area (Å²) in [6.07, 6.45) is 3.99. The zero-order chi connectivity index (χ0) is 22.7. The molecule has 2 bridgehead atoms. The second-order valence-electron chi connectivity index (χ2n) is 8.75. The normalized spacial score (nSPS) is 22.4. The lowest BCUT2D eigenvalue weighted by Crippen LogP contribution is -2.89. The van der Waals surface area contributed by atoms with E-state index >= 15 is 0 Å². The van der Waals surface area contributed by atoms with Gasteiger partial charge in [0.2, 0.25) is 5.13 Å². The van der Waals surface area contributed by atoms with Gasteiger partial charge in [0.25, 0.3) is 0 Å². The van der Waals surface area contributed by atoms with Crippen molar-refractivity contribution in [1.82, 2.24) is 24.0 Å². The first-order valence-electron chi connectivity index (χ1n) is 10.9. The van der Waals surface area contributed by atoms with Gasteiger partial charge in [0.1, 0.15) is 11.9 Å². The molecule has 4 aromatic rings. The van der Waals surface area contributed by atoms with Gasteiger partial charge in [-0.05, 0) is 44.0 Å². The number of rotatable bonds is 4. The maximum Gasteiger partial charge on any atom is 0.345 e. The summed E-state index contributed by atoms with van der Waals surface area (Å²) in [5.41, 5.74) is 0.729. The Balaban J connectivity index is 1.28. The van der Waals surface area contributed by atoms with Crippen LogP contribution in [0.25, 0.3) is 16.8 Å². The minimum absolute atomic E-state index is 0.0424. The van der Waals surface area contributed by atoms with Gasteiger partial charge in [0.15, 0.2) is 23.1 Å². The van der Waals surface area contributed by atoms with Gasteiger partial charge in [-0.3, -0.25) is 5.32 Å². The number of aromatic nitrogens is 5. The van der Waals surface area contributed by atoms with Crippen LogP contribution in [0.2, 0.25) is 0 Å². The van der Waals surface area contributed by atoms with E-state index in [1.54, 1.807) is 22.8 Å². The van der Waals surface area contributed by atoms with E-state index in [2.05, 4.69) is 29.7 Å². The van der Waals surface area contributed by atoms with E-state index in [4.69, 9.17) is 0 Å². The van der Waals surface area contributed by atoms with Crippen molar-refractivity contribution in [2.45, 2.75) is 25.8 Å². The number of aryl methyl sites for hydroxylation is 1. The van der Waals surface area contributed by atoms with E-state index in [1.165, 1.54) is 17.6 Å². The molecule has 11 heteroatoms. The van der Waals surface area contributed by atoms with Crippen molar-refractivity contribution >= 4 is 28.3 Å². The maximum absolute atomic E-state index is 14.5. The summed E-state index contributed by atoms with van der Waals surface area (Å²) in [6, 6.07) is 5.82. The number of piperidine rings is 1. The van der Waals surface area contributed by atoms with Crippen molar-refractivity contribution in [2.24, 2.45) is 11.8 Å². The van der Waals surface area contributed by atoms with E-state index in [1.807, 2.05) is 6.92 Å². The van der Waals surface area contributed by atoms with E-state index in [9.17, 15) is 13.2 Å². The number of pyridine rings is 1. The summed E-state index contributed by atoms with van der Waals surface area (Å²) in [5.74, 6) is -1.62. The molecule has 0 amide bonds. The standard InChI is InChI=1S/C22H20F3N7S/c1-11-26-22(33-30-11)31-9-12-4-5-13(10-31)19(12)27-21-28-20-15(3-2-8-32(20)29-21)14-6-7-16(23)18(25)17(14)24/h2-3,6-8,12-13,19H,4-5,9-10H2,1H3,(H,27,29)/p+1. The quantitative estimate of drug-likeness (QED) is 0.462. The number of nitrogens with zero attached hydrogens (tertiary/aromatic N) is 6. The van der Waals surface area contributed by atoms with E-state index in [-0.39, 0.29) is 5.56 Å². The number of benzene rings is 1. The number of fused-ring (bicyclic) bond motifs is 3. The zero-order valence-corrected chi connectivity index (χ0v) is 18.6. The van der Waals surface area contributed by atoms with Crippen LogP contribution >= 0.6 is 11.5 Å². The Morgan fingerprint density at radius 3 is 2.52 bits per heavy atom. The number of anilines is 1. The summed E-state index contributed by atoms with van der Waals surface area (Å²) >= 11 is 1.44. The predicted octanol–water partition coefficient (Wildman–Crippen LogP) is 3.08. The second kappa shape index (κ2) is 7.77. The maximum atomic E-state index is 14.5. The zero-order valence-electron chi connectivity index (χ0n) is 17.8. The van der Waals surface area contributed by atoms with Crippen LogP contribution < -0.4 is 10.2 Å². The summed E-state index contributed by atoms with van der Waals surface area (Å²) in [5, 5.41) is 7.66. The Labute approximate surface area is 191 Å². The van der Waals surface area contributed by atoms with E-state index in [0.29, 0.717) is 35.0 Å². The molecule has 1 aliphatic heterocycles. The molecular weight excluding hydrogens is 451 g/mol. The van der Waals surface area contributed by atoms with Crippen LogP contribution in [0.5, 0.6) is 0 Å². The Morgan fingerprint density at radius 2 is 1.79 bits per heavy atom. The Morgan fingerprint density at radius 1 is 1.00 bits per heavy atom. The molecular formula is C22H21F3N7S+. The van der Waals surface area contributed by atoms with E-state index in [0.717, 1.165) is 43.0 Å². The smallest absolute Gasteiger partial charge is 0.345 e. The Hall–Kier alpha value is -3.05. The molecule has 2 aliphatic rings. The molecule has 2 N–H and O–H groups in total. The van der Waals surface area contributed by atoms with Crippen LogP contribution in [-0.2, 0) is 0 Å². The van der Waals surface area contributed by atoms with Crippen molar-refractivity contribution in [1.29, 1.82) is 0 Å². The molecule has 33 heavy (non-hydrogen) atoms. The fourth-order valence-electron chi connectivity index (χ4n) is 5.22. The number of nitrogens with two attached hydrogens (primary N) is 1. The van der Waals surface area contributed by atoms with Gasteiger partial charge >= 0.3 is 5.95 Å². The third kappa shape index (κ3) is 3.46. The molecule has 3 aromatic heterocycles. The highest BCUT2D eigenvalue weighted by atomic mass is 32.1. The van der Waals surface area contributed by atoms with E-state index < -0.39 is 17.5 Å². The molecule has 4 heterocycles. The van der Waals surface area contributed by atoms with Gasteiger partial charge in [-0.2, -0.15) is 9.36 Å². The molecule has 1 saturated carbocycles. The Bertz CT molecular complexity index is 1340. The van der Waals surface area contributed by atoms with Crippen LogP contribution in [0.4, 0.5) is 24.3 Å². The minimum Gasteiger partial charge on any atom is -0.346 e. The van der Waals surface area contributed by atoms with Crippen LogP contribution in [0, 0.1) is 36.2 Å². The first-order chi connectivity index (χ1) is 16.0. The highest BCUT2D eigenvalue weighted by Gasteiger charge is 2.46. The SMILES string of the molecule is Cc1nsc(N2CC3CCC(C2)C3[NH2+]c2nc3c(-c4ccc(F)c(F)c4F)cccn3n2)n1. The molecule has 1 aliphatic carbocycles. The van der Waals surface area contributed by atoms with Gasteiger partial charge in [-0.1, -0.05) is 5.10 Å². The van der Waals surface area contributed by atoms with Crippen LogP contribution in [0.1, 0.15) is 18.7 Å². The monoisotopic (exact) mass is 472 g/mol. The van der Waals surface area contributed by atoms with Gasteiger partial charge in [-0.25, -0.2) is 22.7 Å². The van der Waals surface area contributed by atoms with Crippen LogP contribution in [0.15, 0.2) is 30.5 Å².